The van der Waals surface area contributed by atoms with Crippen molar-refractivity contribution in [2.24, 2.45) is 0 Å². The van der Waals surface area contributed by atoms with Crippen LogP contribution in [0.5, 0.6) is 0 Å². The van der Waals surface area contributed by atoms with Crippen molar-refractivity contribution in [1.29, 1.82) is 0 Å². The lowest BCUT2D eigenvalue weighted by molar-refractivity contribution is 0.880. The molecule has 0 heterocycles. The summed E-state index contributed by atoms with van der Waals surface area (Å²) in [7, 11) is 0. The summed E-state index contributed by atoms with van der Waals surface area (Å²) >= 11 is 11.7. The Hall–Kier alpha value is 0.0600. The van der Waals surface area contributed by atoms with Gasteiger partial charge in [0.15, 0.2) is 0 Å². The van der Waals surface area contributed by atoms with Crippen LogP contribution in [0.15, 0.2) is 21.7 Å². The molecule has 56 valence electrons. The predicted octanol–water partition coefficient (Wildman–Crippen LogP) is 3.81. The van der Waals surface area contributed by atoms with Crippen molar-refractivity contribution >= 4 is 23.2 Å². The molecule has 10 heavy (non-hydrogen) atoms. The SMILES string of the molecule is CCC1=C(Cl)C=C(Cl)CC1. The summed E-state index contributed by atoms with van der Waals surface area (Å²) in [6.45, 7) is 2.12. The van der Waals surface area contributed by atoms with Gasteiger partial charge in [-0.2, -0.15) is 0 Å². The molecule has 0 fully saturated rings. The molecule has 0 saturated heterocycles. The van der Waals surface area contributed by atoms with Crippen LogP contribution in [0.25, 0.3) is 0 Å². The van der Waals surface area contributed by atoms with Gasteiger partial charge in [0.25, 0.3) is 0 Å². The first kappa shape index (κ1) is 8.16. The van der Waals surface area contributed by atoms with Crippen LogP contribution < -0.4 is 0 Å². The van der Waals surface area contributed by atoms with Crippen LogP contribution in [-0.4, -0.2) is 0 Å². The molecule has 0 bridgehead atoms. The zero-order valence-corrected chi connectivity index (χ0v) is 7.47. The van der Waals surface area contributed by atoms with Gasteiger partial charge in [-0.05, 0) is 25.3 Å². The molecule has 0 saturated carbocycles. The van der Waals surface area contributed by atoms with Crippen LogP contribution >= 0.6 is 23.2 Å². The Balaban J connectivity index is 2.80. The minimum Gasteiger partial charge on any atom is -0.0891 e. The molecule has 0 nitrogen and oxygen atoms in total. The van der Waals surface area contributed by atoms with Gasteiger partial charge in [-0.1, -0.05) is 35.7 Å². The van der Waals surface area contributed by atoms with Gasteiger partial charge in [0.1, 0.15) is 0 Å². The van der Waals surface area contributed by atoms with Gasteiger partial charge in [0.2, 0.25) is 0 Å². The number of allylic oxidation sites excluding steroid dienone is 4. The zero-order chi connectivity index (χ0) is 7.56. The molecule has 0 aromatic heterocycles. The third-order valence-electron chi connectivity index (χ3n) is 1.71. The third-order valence-corrected chi connectivity index (χ3v) is 2.39. The Morgan fingerprint density at radius 2 is 2.10 bits per heavy atom. The highest BCUT2D eigenvalue weighted by atomic mass is 35.5. The first-order valence-electron chi connectivity index (χ1n) is 3.47. The summed E-state index contributed by atoms with van der Waals surface area (Å²) in [6, 6.07) is 0. The van der Waals surface area contributed by atoms with Gasteiger partial charge in [0, 0.05) is 10.1 Å². The summed E-state index contributed by atoms with van der Waals surface area (Å²) in [4.78, 5) is 0. The topological polar surface area (TPSA) is 0 Å². The first-order chi connectivity index (χ1) is 4.74. The molecule has 0 unspecified atom stereocenters. The van der Waals surface area contributed by atoms with Gasteiger partial charge in [-0.25, -0.2) is 0 Å². The number of hydrogen-bond donors (Lipinski definition) is 0. The maximum atomic E-state index is 5.90. The maximum Gasteiger partial charge on any atom is 0.0409 e. The quantitative estimate of drug-likeness (QED) is 0.571. The third kappa shape index (κ3) is 1.77. The Morgan fingerprint density at radius 3 is 2.60 bits per heavy atom. The monoisotopic (exact) mass is 176 g/mol. The smallest absolute Gasteiger partial charge is 0.0409 e. The summed E-state index contributed by atoms with van der Waals surface area (Å²) < 4.78 is 0. The van der Waals surface area contributed by atoms with E-state index in [4.69, 9.17) is 23.2 Å². The average molecular weight is 177 g/mol. The van der Waals surface area contributed by atoms with Gasteiger partial charge < -0.3 is 0 Å². The molecule has 0 aromatic rings. The Bertz CT molecular complexity index is 189. The van der Waals surface area contributed by atoms with E-state index in [1.807, 2.05) is 6.08 Å². The number of hydrogen-bond acceptors (Lipinski definition) is 0. The second-order valence-corrected chi connectivity index (χ2v) is 3.29. The normalized spacial score (nSPS) is 19.3. The van der Waals surface area contributed by atoms with E-state index < -0.39 is 0 Å². The molecule has 2 heteroatoms. The minimum absolute atomic E-state index is 0.846. The molecular weight excluding hydrogens is 167 g/mol. The average Bonchev–Trinajstić information content (AvgIpc) is 1.88. The molecule has 0 spiro atoms. The Morgan fingerprint density at radius 1 is 1.40 bits per heavy atom. The molecule has 0 amide bonds. The van der Waals surface area contributed by atoms with E-state index in [1.165, 1.54) is 5.57 Å². The van der Waals surface area contributed by atoms with Crippen LogP contribution in [-0.2, 0) is 0 Å². The van der Waals surface area contributed by atoms with E-state index in [0.717, 1.165) is 29.3 Å². The Kier molecular flexibility index (Phi) is 2.82. The van der Waals surface area contributed by atoms with Crippen molar-refractivity contribution in [2.45, 2.75) is 26.2 Å². The van der Waals surface area contributed by atoms with E-state index in [9.17, 15) is 0 Å². The molecule has 0 N–H and O–H groups in total. The molecular formula is C8H10Cl2. The summed E-state index contributed by atoms with van der Waals surface area (Å²) in [5.41, 5.74) is 1.33. The van der Waals surface area contributed by atoms with Crippen molar-refractivity contribution in [3.05, 3.63) is 21.7 Å². The van der Waals surface area contributed by atoms with E-state index >= 15 is 0 Å². The molecule has 0 aliphatic heterocycles. The molecule has 0 radical (unpaired) electrons. The van der Waals surface area contributed by atoms with Crippen LogP contribution in [0, 0.1) is 0 Å². The summed E-state index contributed by atoms with van der Waals surface area (Å²) in [5, 5.41) is 1.72. The summed E-state index contributed by atoms with van der Waals surface area (Å²) in [6.07, 6.45) is 4.89. The zero-order valence-electron chi connectivity index (χ0n) is 5.95. The van der Waals surface area contributed by atoms with Gasteiger partial charge in [-0.3, -0.25) is 0 Å². The summed E-state index contributed by atoms with van der Waals surface area (Å²) in [5.74, 6) is 0. The lowest BCUT2D eigenvalue weighted by atomic mass is 10.0. The fraction of sp³-hybridized carbons (Fsp3) is 0.500. The predicted molar refractivity (Wildman–Crippen MR) is 46.3 cm³/mol. The molecule has 1 aliphatic rings. The lowest BCUT2D eigenvalue weighted by Gasteiger charge is -2.11. The molecule has 1 aliphatic carbocycles. The second-order valence-electron chi connectivity index (χ2n) is 2.40. The fourth-order valence-corrected chi connectivity index (χ4v) is 1.67. The van der Waals surface area contributed by atoms with E-state index in [-0.39, 0.29) is 0 Å². The van der Waals surface area contributed by atoms with Crippen molar-refractivity contribution in [2.75, 3.05) is 0 Å². The van der Waals surface area contributed by atoms with Crippen molar-refractivity contribution in [1.82, 2.24) is 0 Å². The maximum absolute atomic E-state index is 5.90. The highest BCUT2D eigenvalue weighted by Crippen LogP contribution is 2.29. The number of halogens is 2. The van der Waals surface area contributed by atoms with Crippen LogP contribution in [0.4, 0.5) is 0 Å². The minimum atomic E-state index is 0.846. The number of rotatable bonds is 1. The fourth-order valence-electron chi connectivity index (χ4n) is 1.05. The van der Waals surface area contributed by atoms with Gasteiger partial charge in [-0.15, -0.1) is 0 Å². The van der Waals surface area contributed by atoms with Crippen molar-refractivity contribution in [3.63, 3.8) is 0 Å². The largest absolute Gasteiger partial charge is 0.0891 e. The highest BCUT2D eigenvalue weighted by molar-refractivity contribution is 6.35. The molecule has 0 atom stereocenters. The van der Waals surface area contributed by atoms with Crippen LogP contribution in [0.2, 0.25) is 0 Å². The molecule has 1 rings (SSSR count). The first-order valence-corrected chi connectivity index (χ1v) is 4.23. The standard InChI is InChI=1S/C8H10Cl2/c1-2-6-3-4-7(9)5-8(6)10/h5H,2-4H2,1H3. The van der Waals surface area contributed by atoms with E-state index in [0.29, 0.717) is 0 Å². The molecule has 0 aromatic carbocycles. The lowest BCUT2D eigenvalue weighted by Crippen LogP contribution is -1.91. The highest BCUT2D eigenvalue weighted by Gasteiger charge is 2.08. The second kappa shape index (κ2) is 3.45. The Labute approximate surface area is 71.5 Å². The van der Waals surface area contributed by atoms with Crippen LogP contribution in [0.3, 0.4) is 0 Å². The van der Waals surface area contributed by atoms with Crippen molar-refractivity contribution in [3.8, 4) is 0 Å². The van der Waals surface area contributed by atoms with E-state index in [2.05, 4.69) is 6.92 Å². The van der Waals surface area contributed by atoms with Gasteiger partial charge in [0.05, 0.1) is 0 Å². The van der Waals surface area contributed by atoms with E-state index in [1.54, 1.807) is 0 Å². The van der Waals surface area contributed by atoms with Crippen molar-refractivity contribution < 1.29 is 0 Å². The van der Waals surface area contributed by atoms with Crippen LogP contribution in [0.1, 0.15) is 26.2 Å². The van der Waals surface area contributed by atoms with Gasteiger partial charge >= 0.3 is 0 Å².